The Kier molecular flexibility index (Phi) is 5.72. The van der Waals surface area contributed by atoms with Gasteiger partial charge in [0.15, 0.2) is 0 Å². The van der Waals surface area contributed by atoms with Gasteiger partial charge in [-0.25, -0.2) is 4.98 Å². The predicted molar refractivity (Wildman–Crippen MR) is 109 cm³/mol. The maximum atomic E-state index is 12.6. The van der Waals surface area contributed by atoms with E-state index in [4.69, 9.17) is 11.6 Å². The van der Waals surface area contributed by atoms with E-state index in [2.05, 4.69) is 10.3 Å². The van der Waals surface area contributed by atoms with Crippen LogP contribution in [0.5, 0.6) is 0 Å². The molecule has 1 aromatic heterocycles. The lowest BCUT2D eigenvalue weighted by molar-refractivity contribution is -0.116. The number of para-hydroxylation sites is 1. The molecule has 0 spiro atoms. The fourth-order valence-electron chi connectivity index (χ4n) is 2.79. The number of amides is 1. The molecule has 2 aromatic carbocycles. The van der Waals surface area contributed by atoms with Crippen molar-refractivity contribution in [3.63, 3.8) is 0 Å². The summed E-state index contributed by atoms with van der Waals surface area (Å²) < 4.78 is 12.8. The zero-order chi connectivity index (χ0) is 19.6. The highest BCUT2D eigenvalue weighted by Crippen LogP contribution is 2.22. The molecule has 1 atom stereocenters. The van der Waals surface area contributed by atoms with Crippen molar-refractivity contribution in [3.8, 4) is 0 Å². The molecule has 0 fully saturated rings. The zero-order valence-corrected chi connectivity index (χ0v) is 16.4. The van der Waals surface area contributed by atoms with Gasteiger partial charge in [-0.05, 0) is 42.8 Å². The van der Waals surface area contributed by atoms with E-state index in [0.29, 0.717) is 38.8 Å². The van der Waals surface area contributed by atoms with Crippen LogP contribution in [0.15, 0.2) is 47.3 Å². The fourth-order valence-corrected chi connectivity index (χ4v) is 3.73. The number of benzene rings is 2. The van der Waals surface area contributed by atoms with Gasteiger partial charge in [-0.3, -0.25) is 18.4 Å². The Hall–Kier alpha value is -2.51. The summed E-state index contributed by atoms with van der Waals surface area (Å²) in [6.07, 6.45) is 1.59. The average molecular weight is 404 g/mol. The second kappa shape index (κ2) is 8.02. The van der Waals surface area contributed by atoms with E-state index in [1.807, 2.05) is 6.07 Å². The Morgan fingerprint density at radius 1 is 1.26 bits per heavy atom. The fraction of sp³-hybridized carbons (Fsp3) is 0.211. The van der Waals surface area contributed by atoms with Gasteiger partial charge in [0.1, 0.15) is 12.4 Å². The maximum Gasteiger partial charge on any atom is 0.261 e. The Morgan fingerprint density at radius 3 is 2.74 bits per heavy atom. The second-order valence-electron chi connectivity index (χ2n) is 6.14. The minimum Gasteiger partial charge on any atom is -0.325 e. The van der Waals surface area contributed by atoms with Crippen molar-refractivity contribution in [2.75, 3.05) is 11.6 Å². The van der Waals surface area contributed by atoms with Crippen molar-refractivity contribution >= 4 is 44.9 Å². The Bertz CT molecular complexity index is 1110. The summed E-state index contributed by atoms with van der Waals surface area (Å²) in [5, 5.41) is 3.71. The number of hydrogen-bond acceptors (Lipinski definition) is 4. The van der Waals surface area contributed by atoms with Crippen molar-refractivity contribution in [1.82, 2.24) is 9.55 Å². The van der Waals surface area contributed by atoms with E-state index in [9.17, 15) is 13.8 Å². The molecule has 3 aromatic rings. The van der Waals surface area contributed by atoms with Crippen LogP contribution in [-0.4, -0.2) is 25.9 Å². The molecule has 1 unspecified atom stereocenters. The normalized spacial score (nSPS) is 12.1. The number of carbonyl (C=O) groups excluding carboxylic acids is 1. The van der Waals surface area contributed by atoms with Crippen LogP contribution in [0, 0.1) is 6.92 Å². The van der Waals surface area contributed by atoms with E-state index in [-0.39, 0.29) is 18.0 Å². The first-order valence-corrected chi connectivity index (χ1v) is 10.3. The summed E-state index contributed by atoms with van der Waals surface area (Å²) in [6.45, 7) is 1.54. The minimum absolute atomic E-state index is 0.153. The van der Waals surface area contributed by atoms with Crippen LogP contribution < -0.4 is 10.9 Å². The molecule has 0 bridgehead atoms. The van der Waals surface area contributed by atoms with Crippen LogP contribution in [-0.2, 0) is 27.9 Å². The van der Waals surface area contributed by atoms with Gasteiger partial charge in [0, 0.05) is 33.5 Å². The lowest BCUT2D eigenvalue weighted by Crippen LogP contribution is -2.30. The summed E-state index contributed by atoms with van der Waals surface area (Å²) >= 11 is 6.10. The first kappa shape index (κ1) is 19.3. The SMILES string of the molecule is Cc1nc2ccccc2c(=O)n1CC(=O)Nc1ccc(Cl)c(CS(C)=O)c1. The number of hydrogen-bond donors (Lipinski definition) is 1. The lowest BCUT2D eigenvalue weighted by atomic mass is 10.2. The standard InChI is InChI=1S/C19H18ClN3O3S/c1-12-21-17-6-4-3-5-15(17)19(25)23(12)10-18(24)22-14-7-8-16(20)13(9-14)11-27(2)26/h3-9H,10-11H2,1-2H3,(H,22,24). The van der Waals surface area contributed by atoms with Gasteiger partial charge in [-0.15, -0.1) is 0 Å². The highest BCUT2D eigenvalue weighted by atomic mass is 35.5. The van der Waals surface area contributed by atoms with Gasteiger partial charge in [0.05, 0.1) is 10.9 Å². The molecule has 6 nitrogen and oxygen atoms in total. The summed E-state index contributed by atoms with van der Waals surface area (Å²) in [4.78, 5) is 29.5. The topological polar surface area (TPSA) is 81.1 Å². The molecule has 1 amide bonds. The van der Waals surface area contributed by atoms with Gasteiger partial charge in [0.2, 0.25) is 5.91 Å². The molecule has 1 N–H and O–H groups in total. The molecular formula is C19H18ClN3O3S. The number of fused-ring (bicyclic) bond motifs is 1. The molecule has 3 rings (SSSR count). The number of halogens is 1. The second-order valence-corrected chi connectivity index (χ2v) is 7.98. The first-order chi connectivity index (χ1) is 12.8. The van der Waals surface area contributed by atoms with Crippen molar-refractivity contribution in [1.29, 1.82) is 0 Å². The first-order valence-electron chi connectivity index (χ1n) is 8.19. The summed E-state index contributed by atoms with van der Waals surface area (Å²) in [5.74, 6) is 0.408. The number of nitrogens with zero attached hydrogens (tertiary/aromatic N) is 2. The quantitative estimate of drug-likeness (QED) is 0.710. The van der Waals surface area contributed by atoms with E-state index in [1.165, 1.54) is 4.57 Å². The van der Waals surface area contributed by atoms with Gasteiger partial charge in [-0.2, -0.15) is 0 Å². The number of aromatic nitrogens is 2. The van der Waals surface area contributed by atoms with E-state index in [1.54, 1.807) is 49.6 Å². The minimum atomic E-state index is -1.05. The van der Waals surface area contributed by atoms with Gasteiger partial charge in [0.25, 0.3) is 5.56 Å². The molecule has 1 heterocycles. The van der Waals surface area contributed by atoms with Crippen LogP contribution in [0.3, 0.4) is 0 Å². The number of anilines is 1. The van der Waals surface area contributed by atoms with Crippen LogP contribution >= 0.6 is 11.6 Å². The molecule has 140 valence electrons. The Balaban J connectivity index is 1.84. The highest BCUT2D eigenvalue weighted by molar-refractivity contribution is 7.83. The molecule has 0 aliphatic carbocycles. The number of carbonyl (C=O) groups is 1. The predicted octanol–water partition coefficient (Wildman–Crippen LogP) is 2.88. The number of aryl methyl sites for hydroxylation is 1. The van der Waals surface area contributed by atoms with Crippen molar-refractivity contribution in [2.45, 2.75) is 19.2 Å². The van der Waals surface area contributed by atoms with Crippen LogP contribution in [0.25, 0.3) is 10.9 Å². The maximum absolute atomic E-state index is 12.6. The summed E-state index contributed by atoms with van der Waals surface area (Å²) in [7, 11) is -1.05. The van der Waals surface area contributed by atoms with Gasteiger partial charge < -0.3 is 5.32 Å². The van der Waals surface area contributed by atoms with Gasteiger partial charge >= 0.3 is 0 Å². The molecule has 0 aliphatic heterocycles. The average Bonchev–Trinajstić information content (AvgIpc) is 2.61. The molecule has 0 radical (unpaired) electrons. The highest BCUT2D eigenvalue weighted by Gasteiger charge is 2.12. The Labute approximate surface area is 163 Å². The third-order valence-electron chi connectivity index (χ3n) is 4.04. The van der Waals surface area contributed by atoms with Crippen LogP contribution in [0.1, 0.15) is 11.4 Å². The van der Waals surface area contributed by atoms with E-state index >= 15 is 0 Å². The molecule has 0 saturated heterocycles. The van der Waals surface area contributed by atoms with E-state index < -0.39 is 10.8 Å². The van der Waals surface area contributed by atoms with Gasteiger partial charge in [-0.1, -0.05) is 23.7 Å². The van der Waals surface area contributed by atoms with Crippen molar-refractivity contribution in [2.24, 2.45) is 0 Å². The number of nitrogens with one attached hydrogen (secondary N) is 1. The van der Waals surface area contributed by atoms with E-state index in [0.717, 1.165) is 0 Å². The van der Waals surface area contributed by atoms with Crippen molar-refractivity contribution in [3.05, 3.63) is 69.2 Å². The zero-order valence-electron chi connectivity index (χ0n) is 14.9. The molecule has 0 aliphatic rings. The summed E-state index contributed by atoms with van der Waals surface area (Å²) in [5.41, 5.74) is 1.57. The Morgan fingerprint density at radius 2 is 2.00 bits per heavy atom. The largest absolute Gasteiger partial charge is 0.325 e. The third-order valence-corrected chi connectivity index (χ3v) is 5.13. The van der Waals surface area contributed by atoms with Crippen LogP contribution in [0.4, 0.5) is 5.69 Å². The molecule has 8 heteroatoms. The third kappa shape index (κ3) is 4.43. The summed E-state index contributed by atoms with van der Waals surface area (Å²) in [6, 6.07) is 12.0. The smallest absolute Gasteiger partial charge is 0.261 e. The van der Waals surface area contributed by atoms with Crippen molar-refractivity contribution < 1.29 is 9.00 Å². The lowest BCUT2D eigenvalue weighted by Gasteiger charge is -2.12. The monoisotopic (exact) mass is 403 g/mol. The molecular weight excluding hydrogens is 386 g/mol. The molecule has 0 saturated carbocycles. The number of rotatable bonds is 5. The molecule has 27 heavy (non-hydrogen) atoms. The van der Waals surface area contributed by atoms with Crippen LogP contribution in [0.2, 0.25) is 5.02 Å².